The highest BCUT2D eigenvalue weighted by molar-refractivity contribution is 5.87. The number of carbonyl (C=O) groups excluding carboxylic acids is 1. The maximum atomic E-state index is 12.9. The van der Waals surface area contributed by atoms with Crippen LogP contribution in [0.25, 0.3) is 0 Å². The second kappa shape index (κ2) is 7.26. The largest absolute Gasteiger partial charge is 0.416 e. The van der Waals surface area contributed by atoms with Gasteiger partial charge in [-0.2, -0.15) is 13.2 Å². The molecule has 116 valence electrons. The van der Waals surface area contributed by atoms with Gasteiger partial charge in [0.2, 0.25) is 5.91 Å². The van der Waals surface area contributed by atoms with Gasteiger partial charge in [-0.05, 0) is 25.7 Å². The van der Waals surface area contributed by atoms with Crippen LogP contribution in [-0.4, -0.2) is 43.4 Å². The lowest BCUT2D eigenvalue weighted by molar-refractivity contribution is -0.139. The summed E-state index contributed by atoms with van der Waals surface area (Å²) in [6.45, 7) is 0.513. The second-order valence-corrected chi connectivity index (χ2v) is 5.01. The van der Waals surface area contributed by atoms with Crippen molar-refractivity contribution in [3.05, 3.63) is 47.5 Å². The summed E-state index contributed by atoms with van der Waals surface area (Å²) in [5, 5.41) is 0. The van der Waals surface area contributed by atoms with Crippen molar-refractivity contribution >= 4 is 5.91 Å². The fraction of sp³-hybridized carbons (Fsp3) is 0.400. The zero-order chi connectivity index (χ0) is 16.0. The minimum absolute atomic E-state index is 0.0825. The van der Waals surface area contributed by atoms with Crippen molar-refractivity contribution < 1.29 is 18.0 Å². The Labute approximate surface area is 122 Å². The highest BCUT2D eigenvalue weighted by atomic mass is 19.4. The van der Waals surface area contributed by atoms with Crippen molar-refractivity contribution in [3.8, 4) is 0 Å². The number of hydrogen-bond acceptors (Lipinski definition) is 2. The van der Waals surface area contributed by atoms with Crippen LogP contribution in [0.2, 0.25) is 0 Å². The second-order valence-electron chi connectivity index (χ2n) is 5.01. The first-order chi connectivity index (χ1) is 9.71. The highest BCUT2D eigenvalue weighted by Crippen LogP contribution is 2.32. The molecule has 1 aromatic carbocycles. The Morgan fingerprint density at radius 2 is 1.81 bits per heavy atom. The molecule has 21 heavy (non-hydrogen) atoms. The summed E-state index contributed by atoms with van der Waals surface area (Å²) in [5.41, 5.74) is -0.621. The molecule has 0 heterocycles. The van der Waals surface area contributed by atoms with Crippen molar-refractivity contribution in [2.75, 3.05) is 27.7 Å². The average molecular weight is 300 g/mol. The molecule has 0 fully saturated rings. The van der Waals surface area contributed by atoms with Crippen molar-refractivity contribution in [2.24, 2.45) is 0 Å². The number of likely N-dealkylation sites (N-methyl/N-ethyl adjacent to an activating group) is 2. The quantitative estimate of drug-likeness (QED) is 0.781. The third-order valence-corrected chi connectivity index (χ3v) is 2.84. The molecule has 6 heteroatoms. The smallest absolute Gasteiger partial charge is 0.338 e. The molecule has 0 saturated heterocycles. The number of alkyl halides is 3. The maximum Gasteiger partial charge on any atom is 0.416 e. The van der Waals surface area contributed by atoms with Crippen LogP contribution in [0, 0.1) is 0 Å². The number of rotatable bonds is 5. The number of benzene rings is 1. The van der Waals surface area contributed by atoms with Crippen molar-refractivity contribution in [1.29, 1.82) is 0 Å². The molecule has 0 aliphatic carbocycles. The normalized spacial score (nSPS) is 12.1. The molecule has 3 nitrogen and oxygen atoms in total. The maximum absolute atomic E-state index is 12.9. The molecular formula is C15H19F3N2O. The third-order valence-electron chi connectivity index (χ3n) is 2.84. The van der Waals surface area contributed by atoms with E-state index in [0.717, 1.165) is 6.07 Å². The Bertz CT molecular complexity index is 510. The molecule has 1 rings (SSSR count). The third kappa shape index (κ3) is 5.59. The summed E-state index contributed by atoms with van der Waals surface area (Å²) in [7, 11) is 5.20. The van der Waals surface area contributed by atoms with Gasteiger partial charge in [0.05, 0.1) is 5.56 Å². The minimum atomic E-state index is -4.42. The molecular weight excluding hydrogens is 281 g/mol. The molecule has 0 N–H and O–H groups in total. The molecule has 1 aromatic rings. The molecule has 0 unspecified atom stereocenters. The van der Waals surface area contributed by atoms with E-state index in [9.17, 15) is 18.0 Å². The van der Waals surface area contributed by atoms with E-state index < -0.39 is 11.7 Å². The predicted octanol–water partition coefficient (Wildman–Crippen LogP) is 2.78. The van der Waals surface area contributed by atoms with E-state index >= 15 is 0 Å². The van der Waals surface area contributed by atoms with E-state index in [-0.39, 0.29) is 18.0 Å². The van der Waals surface area contributed by atoms with Crippen LogP contribution in [0.4, 0.5) is 13.2 Å². The zero-order valence-electron chi connectivity index (χ0n) is 12.3. The Morgan fingerprint density at radius 1 is 1.19 bits per heavy atom. The molecule has 0 aliphatic rings. The number of nitrogens with zero attached hydrogens (tertiary/aromatic N) is 2. The van der Waals surface area contributed by atoms with Gasteiger partial charge >= 0.3 is 6.18 Å². The van der Waals surface area contributed by atoms with Gasteiger partial charge in [-0.15, -0.1) is 0 Å². The lowest BCUT2D eigenvalue weighted by Crippen LogP contribution is -2.26. The zero-order valence-corrected chi connectivity index (χ0v) is 12.3. The van der Waals surface area contributed by atoms with Crippen molar-refractivity contribution in [2.45, 2.75) is 12.7 Å². The summed E-state index contributed by atoms with van der Waals surface area (Å²) < 4.78 is 38.6. The van der Waals surface area contributed by atoms with E-state index in [1.54, 1.807) is 6.08 Å². The van der Waals surface area contributed by atoms with Crippen LogP contribution < -0.4 is 0 Å². The van der Waals surface area contributed by atoms with Gasteiger partial charge in [-0.3, -0.25) is 4.79 Å². The number of carbonyl (C=O) groups is 1. The van der Waals surface area contributed by atoms with Gasteiger partial charge in [0.25, 0.3) is 0 Å². The topological polar surface area (TPSA) is 23.6 Å². The molecule has 0 atom stereocenters. The molecule has 0 bridgehead atoms. The first-order valence-electron chi connectivity index (χ1n) is 6.43. The minimum Gasteiger partial charge on any atom is -0.338 e. The number of halogens is 3. The number of hydrogen-bond donors (Lipinski definition) is 0. The Morgan fingerprint density at radius 3 is 2.38 bits per heavy atom. The van der Waals surface area contributed by atoms with Gasteiger partial charge in [0.1, 0.15) is 0 Å². The van der Waals surface area contributed by atoms with E-state index in [2.05, 4.69) is 0 Å². The summed E-state index contributed by atoms with van der Waals surface area (Å²) in [4.78, 5) is 15.0. The van der Waals surface area contributed by atoms with E-state index in [0.29, 0.717) is 6.54 Å². The first kappa shape index (κ1) is 17.2. The molecule has 1 amide bonds. The van der Waals surface area contributed by atoms with E-state index in [1.165, 1.54) is 36.2 Å². The summed E-state index contributed by atoms with van der Waals surface area (Å²) in [5.74, 6) is -0.325. The van der Waals surface area contributed by atoms with Crippen LogP contribution in [0.5, 0.6) is 0 Å². The van der Waals surface area contributed by atoms with Crippen LogP contribution in [-0.2, 0) is 17.5 Å². The highest BCUT2D eigenvalue weighted by Gasteiger charge is 2.33. The lowest BCUT2D eigenvalue weighted by atomic mass is 10.1. The monoisotopic (exact) mass is 300 g/mol. The van der Waals surface area contributed by atoms with Gasteiger partial charge in [0.15, 0.2) is 0 Å². The summed E-state index contributed by atoms with van der Waals surface area (Å²) in [6, 6.07) is 5.28. The molecule has 0 spiro atoms. The SMILES string of the molecule is CN(C)C/C=C/C(=O)N(C)Cc1ccccc1C(F)(F)F. The fourth-order valence-electron chi connectivity index (χ4n) is 1.76. The Balaban J connectivity index is 2.77. The molecule has 0 saturated carbocycles. The van der Waals surface area contributed by atoms with Gasteiger partial charge in [-0.25, -0.2) is 0 Å². The van der Waals surface area contributed by atoms with Crippen molar-refractivity contribution in [1.82, 2.24) is 9.80 Å². The van der Waals surface area contributed by atoms with Crippen LogP contribution >= 0.6 is 0 Å². The summed E-state index contributed by atoms with van der Waals surface area (Å²) in [6.07, 6.45) is -1.37. The fourth-order valence-corrected chi connectivity index (χ4v) is 1.76. The Hall–Kier alpha value is -1.82. The van der Waals surface area contributed by atoms with Crippen LogP contribution in [0.3, 0.4) is 0 Å². The van der Waals surface area contributed by atoms with Gasteiger partial charge in [0, 0.05) is 26.2 Å². The van der Waals surface area contributed by atoms with Crippen LogP contribution in [0.1, 0.15) is 11.1 Å². The molecule has 0 aromatic heterocycles. The van der Waals surface area contributed by atoms with Gasteiger partial charge < -0.3 is 9.80 Å². The van der Waals surface area contributed by atoms with Crippen molar-refractivity contribution in [3.63, 3.8) is 0 Å². The van der Waals surface area contributed by atoms with E-state index in [1.807, 2.05) is 19.0 Å². The van der Waals surface area contributed by atoms with Gasteiger partial charge in [-0.1, -0.05) is 24.3 Å². The summed E-state index contributed by atoms with van der Waals surface area (Å²) >= 11 is 0. The standard InChI is InChI=1S/C15H19F3N2O/c1-19(2)10-6-9-14(21)20(3)11-12-7-4-5-8-13(12)15(16,17)18/h4-9H,10-11H2,1-3H3/b9-6+. The predicted molar refractivity (Wildman–Crippen MR) is 75.6 cm³/mol. The van der Waals surface area contributed by atoms with E-state index in [4.69, 9.17) is 0 Å². The lowest BCUT2D eigenvalue weighted by Gasteiger charge is -2.19. The Kier molecular flexibility index (Phi) is 5.96. The average Bonchev–Trinajstić information content (AvgIpc) is 2.37. The van der Waals surface area contributed by atoms with Crippen LogP contribution in [0.15, 0.2) is 36.4 Å². The molecule has 0 aliphatic heterocycles. The number of amides is 1. The first-order valence-corrected chi connectivity index (χ1v) is 6.43. The molecule has 0 radical (unpaired) electrons.